The van der Waals surface area contributed by atoms with Gasteiger partial charge in [0.2, 0.25) is 0 Å². The van der Waals surface area contributed by atoms with Gasteiger partial charge < -0.3 is 20.2 Å². The van der Waals surface area contributed by atoms with Crippen LogP contribution in [0.4, 0.5) is 0 Å². The van der Waals surface area contributed by atoms with Crippen molar-refractivity contribution in [1.82, 2.24) is 20.1 Å². The van der Waals surface area contributed by atoms with Gasteiger partial charge in [-0.1, -0.05) is 37.0 Å². The first-order chi connectivity index (χ1) is 17.7. The van der Waals surface area contributed by atoms with Gasteiger partial charge in [-0.25, -0.2) is 0 Å². The van der Waals surface area contributed by atoms with Gasteiger partial charge in [0.15, 0.2) is 6.17 Å². The second-order valence-corrected chi connectivity index (χ2v) is 10.7. The Hall–Kier alpha value is -3.27. The molecule has 37 heavy (non-hydrogen) atoms. The topological polar surface area (TPSA) is 120 Å². The van der Waals surface area contributed by atoms with Crippen LogP contribution in [0.1, 0.15) is 64.8 Å². The third-order valence-electron chi connectivity index (χ3n) is 7.09. The average Bonchev–Trinajstić information content (AvgIpc) is 3.33. The lowest BCUT2D eigenvalue weighted by Gasteiger charge is -2.34. The monoisotopic (exact) mass is 570 g/mol. The summed E-state index contributed by atoms with van der Waals surface area (Å²) < 4.78 is 0.616. The quantitative estimate of drug-likeness (QED) is 0.524. The molecule has 0 bridgehead atoms. The van der Waals surface area contributed by atoms with E-state index >= 15 is 0 Å². The van der Waals surface area contributed by atoms with Crippen molar-refractivity contribution in [3.63, 3.8) is 0 Å². The van der Waals surface area contributed by atoms with E-state index in [-0.39, 0.29) is 36.9 Å². The number of hydrogen-bond acceptors (Lipinski definition) is 5. The summed E-state index contributed by atoms with van der Waals surface area (Å²) in [5.74, 6) is -2.30. The van der Waals surface area contributed by atoms with Crippen molar-refractivity contribution >= 4 is 39.6 Å². The third-order valence-corrected chi connectivity index (χ3v) is 7.52. The number of carboxylic acids is 1. The maximum Gasteiger partial charge on any atom is 0.305 e. The van der Waals surface area contributed by atoms with Crippen molar-refractivity contribution in [2.75, 3.05) is 13.1 Å². The Bertz CT molecular complexity index is 1120. The van der Waals surface area contributed by atoms with E-state index in [2.05, 4.69) is 26.2 Å². The van der Waals surface area contributed by atoms with Gasteiger partial charge in [-0.15, -0.1) is 0 Å². The van der Waals surface area contributed by atoms with Crippen LogP contribution in [0, 0.1) is 12.8 Å². The molecule has 2 N–H and O–H groups in total. The Morgan fingerprint density at radius 3 is 2.32 bits per heavy atom. The third kappa shape index (κ3) is 6.36. The lowest BCUT2D eigenvalue weighted by molar-refractivity contribution is -0.138. The second kappa shape index (κ2) is 11.9. The van der Waals surface area contributed by atoms with Crippen LogP contribution in [0.25, 0.3) is 0 Å². The van der Waals surface area contributed by atoms with Crippen LogP contribution in [0.15, 0.2) is 47.2 Å². The number of aliphatic carboxylic acids is 1. The zero-order valence-corrected chi connectivity index (χ0v) is 22.3. The number of halogens is 1. The second-order valence-electron chi connectivity index (χ2n) is 9.74. The largest absolute Gasteiger partial charge is 0.481 e. The van der Waals surface area contributed by atoms with E-state index in [1.54, 1.807) is 30.5 Å². The molecule has 1 aromatic heterocycles. The van der Waals surface area contributed by atoms with Crippen LogP contribution in [-0.2, 0) is 9.59 Å². The standard InChI is InChI=1S/C27H31BrN4O5/c1-17-6-5-9-19(12-17)26(36)31-10-11-32(27(37)20-13-21(28)16-29-15-20)25(31)24(35)30-22(14-23(33)34)18-7-3-2-4-8-18/h5-6,9,12-13,15-16,18,22,25H,2-4,7-8,10-11,14H2,1H3,(H,30,35)(H,33,34). The van der Waals surface area contributed by atoms with Gasteiger partial charge in [0.25, 0.3) is 17.7 Å². The molecule has 4 rings (SSSR count). The molecule has 1 saturated heterocycles. The first kappa shape index (κ1) is 26.8. The van der Waals surface area contributed by atoms with Crippen LogP contribution in [0.3, 0.4) is 0 Å². The van der Waals surface area contributed by atoms with Gasteiger partial charge in [0.05, 0.1) is 12.0 Å². The predicted molar refractivity (Wildman–Crippen MR) is 140 cm³/mol. The van der Waals surface area contributed by atoms with Crippen molar-refractivity contribution in [1.29, 1.82) is 0 Å². The maximum atomic E-state index is 13.8. The molecule has 10 heteroatoms. The number of carbonyl (C=O) groups is 4. The van der Waals surface area contributed by atoms with Crippen molar-refractivity contribution in [2.45, 2.75) is 57.7 Å². The van der Waals surface area contributed by atoms with Crippen molar-refractivity contribution < 1.29 is 24.3 Å². The van der Waals surface area contributed by atoms with Crippen molar-refractivity contribution in [2.24, 2.45) is 5.92 Å². The predicted octanol–water partition coefficient (Wildman–Crippen LogP) is 3.62. The fourth-order valence-corrected chi connectivity index (χ4v) is 5.66. The Kier molecular flexibility index (Phi) is 8.58. The number of benzene rings is 1. The van der Waals surface area contributed by atoms with Crippen LogP contribution in [-0.4, -0.2) is 68.9 Å². The minimum atomic E-state index is -1.21. The van der Waals surface area contributed by atoms with Gasteiger partial charge in [-0.3, -0.25) is 24.2 Å². The first-order valence-corrected chi connectivity index (χ1v) is 13.3. The highest BCUT2D eigenvalue weighted by molar-refractivity contribution is 9.10. The molecule has 1 aromatic carbocycles. The van der Waals surface area contributed by atoms with Gasteiger partial charge >= 0.3 is 5.97 Å². The van der Waals surface area contributed by atoms with Gasteiger partial charge in [0.1, 0.15) is 0 Å². The number of carboxylic acid groups (broad SMARTS) is 1. The van der Waals surface area contributed by atoms with E-state index in [9.17, 15) is 24.3 Å². The smallest absolute Gasteiger partial charge is 0.305 e. The molecule has 1 saturated carbocycles. The number of hydrogen-bond donors (Lipinski definition) is 2. The summed E-state index contributed by atoms with van der Waals surface area (Å²) in [6.07, 6.45) is 6.29. The number of carbonyl (C=O) groups excluding carboxylic acids is 3. The zero-order chi connectivity index (χ0) is 26.5. The number of rotatable bonds is 7. The van der Waals surface area contributed by atoms with E-state index in [1.807, 2.05) is 13.0 Å². The number of pyridine rings is 1. The minimum absolute atomic E-state index is 0.0366. The molecule has 2 atom stereocenters. The summed E-state index contributed by atoms with van der Waals surface area (Å²) in [5, 5.41) is 12.5. The van der Waals surface area contributed by atoms with Crippen molar-refractivity contribution in [3.05, 3.63) is 63.9 Å². The highest BCUT2D eigenvalue weighted by Crippen LogP contribution is 2.29. The molecule has 1 aliphatic heterocycles. The molecular formula is C27H31BrN4O5. The van der Waals surface area contributed by atoms with Gasteiger partial charge in [-0.2, -0.15) is 0 Å². The first-order valence-electron chi connectivity index (χ1n) is 12.6. The molecule has 2 unspecified atom stereocenters. The molecule has 0 radical (unpaired) electrons. The van der Waals surface area contributed by atoms with Gasteiger partial charge in [0, 0.05) is 41.6 Å². The highest BCUT2D eigenvalue weighted by atomic mass is 79.9. The summed E-state index contributed by atoms with van der Waals surface area (Å²) in [4.78, 5) is 59.3. The lowest BCUT2D eigenvalue weighted by atomic mass is 9.82. The highest BCUT2D eigenvalue weighted by Gasteiger charge is 2.44. The molecule has 2 aliphatic rings. The molecule has 2 fully saturated rings. The Balaban J connectivity index is 1.65. The number of aromatic nitrogens is 1. The molecule has 0 spiro atoms. The Morgan fingerprint density at radius 2 is 1.70 bits per heavy atom. The van der Waals surface area contributed by atoms with Gasteiger partial charge in [-0.05, 0) is 59.8 Å². The molecule has 3 amide bonds. The minimum Gasteiger partial charge on any atom is -0.481 e. The Labute approximate surface area is 224 Å². The summed E-state index contributed by atoms with van der Waals surface area (Å²) in [6, 6.07) is 8.12. The summed E-state index contributed by atoms with van der Waals surface area (Å²) >= 11 is 3.32. The van der Waals surface area contributed by atoms with Crippen LogP contribution in [0.2, 0.25) is 0 Å². The summed E-state index contributed by atoms with van der Waals surface area (Å²) in [7, 11) is 0. The van der Waals surface area contributed by atoms with E-state index in [4.69, 9.17) is 0 Å². The Morgan fingerprint density at radius 1 is 1.03 bits per heavy atom. The average molecular weight is 571 g/mol. The normalized spacial score (nSPS) is 18.9. The molecule has 9 nitrogen and oxygen atoms in total. The zero-order valence-electron chi connectivity index (χ0n) is 20.7. The van der Waals surface area contributed by atoms with E-state index in [0.29, 0.717) is 10.0 Å². The van der Waals surface area contributed by atoms with E-state index < -0.39 is 30.0 Å². The summed E-state index contributed by atoms with van der Waals surface area (Å²) in [5.41, 5.74) is 1.61. The van der Waals surface area contributed by atoms with E-state index in [1.165, 1.54) is 16.0 Å². The SMILES string of the molecule is Cc1cccc(C(=O)N2CCN(C(=O)c3cncc(Br)c3)C2C(=O)NC(CC(=O)O)C2CCCCC2)c1. The summed E-state index contributed by atoms with van der Waals surface area (Å²) in [6.45, 7) is 2.21. The molecule has 196 valence electrons. The maximum absolute atomic E-state index is 13.8. The van der Waals surface area contributed by atoms with E-state index in [0.717, 1.165) is 37.7 Å². The molecular weight excluding hydrogens is 540 g/mol. The number of aryl methyl sites for hydroxylation is 1. The molecule has 1 aliphatic carbocycles. The van der Waals surface area contributed by atoms with Crippen molar-refractivity contribution in [3.8, 4) is 0 Å². The lowest BCUT2D eigenvalue weighted by Crippen LogP contribution is -2.57. The fraction of sp³-hybridized carbons (Fsp3) is 0.444. The fourth-order valence-electron chi connectivity index (χ4n) is 5.29. The molecule has 2 heterocycles. The number of amides is 3. The van der Waals surface area contributed by atoms with Crippen LogP contribution >= 0.6 is 15.9 Å². The van der Waals surface area contributed by atoms with Crippen LogP contribution < -0.4 is 5.32 Å². The number of nitrogens with one attached hydrogen (secondary N) is 1. The molecule has 2 aromatic rings. The van der Waals surface area contributed by atoms with Crippen LogP contribution in [0.5, 0.6) is 0 Å². The number of nitrogens with zero attached hydrogens (tertiary/aromatic N) is 3.